The van der Waals surface area contributed by atoms with Crippen LogP contribution in [0.5, 0.6) is 5.75 Å². The molecule has 0 spiro atoms. The lowest BCUT2D eigenvalue weighted by Gasteiger charge is -2.19. The van der Waals surface area contributed by atoms with Gasteiger partial charge in [0, 0.05) is 5.02 Å². The Labute approximate surface area is 136 Å². The molecule has 4 heteroatoms. The fourth-order valence-corrected chi connectivity index (χ4v) is 2.17. The SMILES string of the molecule is Cc1ccc([C@H](C)NC(=O)[C@H](C)Oc2ccc(Cl)cc2)cc1. The van der Waals surface area contributed by atoms with E-state index in [1.54, 1.807) is 31.2 Å². The Morgan fingerprint density at radius 2 is 1.64 bits per heavy atom. The van der Waals surface area contributed by atoms with E-state index in [1.807, 2.05) is 38.1 Å². The van der Waals surface area contributed by atoms with Crippen LogP contribution in [0.2, 0.25) is 5.02 Å². The second-order valence-electron chi connectivity index (χ2n) is 5.35. The lowest BCUT2D eigenvalue weighted by Crippen LogP contribution is -2.37. The molecule has 1 N–H and O–H groups in total. The van der Waals surface area contributed by atoms with Gasteiger partial charge >= 0.3 is 0 Å². The van der Waals surface area contributed by atoms with Crippen molar-refractivity contribution in [2.45, 2.75) is 32.9 Å². The van der Waals surface area contributed by atoms with Crippen LogP contribution in [-0.2, 0) is 4.79 Å². The Bertz CT molecular complexity index is 623. The van der Waals surface area contributed by atoms with E-state index in [-0.39, 0.29) is 11.9 Å². The van der Waals surface area contributed by atoms with E-state index >= 15 is 0 Å². The average molecular weight is 318 g/mol. The first-order valence-electron chi connectivity index (χ1n) is 7.25. The molecule has 0 saturated carbocycles. The number of carbonyl (C=O) groups excluding carboxylic acids is 1. The van der Waals surface area contributed by atoms with Crippen LogP contribution >= 0.6 is 11.6 Å². The third kappa shape index (κ3) is 4.50. The molecule has 2 rings (SSSR count). The molecule has 0 aromatic heterocycles. The first-order valence-corrected chi connectivity index (χ1v) is 7.62. The molecule has 2 aromatic carbocycles. The van der Waals surface area contributed by atoms with Gasteiger partial charge in [-0.15, -0.1) is 0 Å². The molecule has 1 amide bonds. The number of rotatable bonds is 5. The molecule has 22 heavy (non-hydrogen) atoms. The number of aryl methyl sites for hydroxylation is 1. The zero-order valence-electron chi connectivity index (χ0n) is 13.0. The van der Waals surface area contributed by atoms with Gasteiger partial charge in [0.1, 0.15) is 5.75 Å². The van der Waals surface area contributed by atoms with Crippen LogP contribution in [-0.4, -0.2) is 12.0 Å². The quantitative estimate of drug-likeness (QED) is 0.893. The van der Waals surface area contributed by atoms with Crippen LogP contribution in [0.15, 0.2) is 48.5 Å². The van der Waals surface area contributed by atoms with E-state index in [4.69, 9.17) is 16.3 Å². The summed E-state index contributed by atoms with van der Waals surface area (Å²) in [5.74, 6) is 0.470. The summed E-state index contributed by atoms with van der Waals surface area (Å²) in [5, 5.41) is 3.59. The van der Waals surface area contributed by atoms with Crippen molar-refractivity contribution in [3.8, 4) is 5.75 Å². The first-order chi connectivity index (χ1) is 10.5. The topological polar surface area (TPSA) is 38.3 Å². The molecule has 116 valence electrons. The van der Waals surface area contributed by atoms with E-state index in [9.17, 15) is 4.79 Å². The predicted octanol–water partition coefficient (Wildman–Crippen LogP) is 4.29. The van der Waals surface area contributed by atoms with E-state index in [2.05, 4.69) is 5.32 Å². The number of ether oxygens (including phenoxy) is 1. The molecule has 2 aromatic rings. The van der Waals surface area contributed by atoms with Gasteiger partial charge in [-0.1, -0.05) is 41.4 Å². The zero-order valence-corrected chi connectivity index (χ0v) is 13.7. The summed E-state index contributed by atoms with van der Waals surface area (Å²) in [6.07, 6.45) is -0.575. The summed E-state index contributed by atoms with van der Waals surface area (Å²) in [5.41, 5.74) is 2.26. The van der Waals surface area contributed by atoms with E-state index in [0.717, 1.165) is 5.56 Å². The van der Waals surface area contributed by atoms with E-state index < -0.39 is 6.10 Å². The minimum atomic E-state index is -0.575. The highest BCUT2D eigenvalue weighted by Gasteiger charge is 2.17. The standard InChI is InChI=1S/C18H20ClNO2/c1-12-4-6-15(7-5-12)13(2)20-18(21)14(3)22-17-10-8-16(19)9-11-17/h4-11,13-14H,1-3H3,(H,20,21)/t13-,14-/m0/s1. The van der Waals surface area contributed by atoms with E-state index in [1.165, 1.54) is 5.56 Å². The maximum Gasteiger partial charge on any atom is 0.261 e. The van der Waals surface area contributed by atoms with Gasteiger partial charge in [-0.25, -0.2) is 0 Å². The van der Waals surface area contributed by atoms with Gasteiger partial charge < -0.3 is 10.1 Å². The third-order valence-electron chi connectivity index (χ3n) is 3.43. The largest absolute Gasteiger partial charge is 0.481 e. The van der Waals surface area contributed by atoms with Gasteiger partial charge in [-0.3, -0.25) is 4.79 Å². The van der Waals surface area contributed by atoms with Crippen LogP contribution in [0.25, 0.3) is 0 Å². The minimum Gasteiger partial charge on any atom is -0.481 e. The van der Waals surface area contributed by atoms with Crippen molar-refractivity contribution in [3.05, 3.63) is 64.7 Å². The van der Waals surface area contributed by atoms with Crippen LogP contribution in [0, 0.1) is 6.92 Å². The molecular weight excluding hydrogens is 298 g/mol. The van der Waals surface area contributed by atoms with Crippen molar-refractivity contribution in [1.29, 1.82) is 0 Å². The Morgan fingerprint density at radius 3 is 2.23 bits per heavy atom. The van der Waals surface area contributed by atoms with Crippen LogP contribution < -0.4 is 10.1 Å². The molecule has 0 unspecified atom stereocenters. The molecule has 0 aliphatic rings. The van der Waals surface area contributed by atoms with Gasteiger partial charge in [0.05, 0.1) is 6.04 Å². The Morgan fingerprint density at radius 1 is 1.05 bits per heavy atom. The number of nitrogens with one attached hydrogen (secondary N) is 1. The first kappa shape index (κ1) is 16.4. The highest BCUT2D eigenvalue weighted by atomic mass is 35.5. The summed E-state index contributed by atoms with van der Waals surface area (Å²) in [6.45, 7) is 5.72. The average Bonchev–Trinajstić information content (AvgIpc) is 2.50. The van der Waals surface area contributed by atoms with E-state index in [0.29, 0.717) is 10.8 Å². The van der Waals surface area contributed by atoms with Crippen molar-refractivity contribution in [3.63, 3.8) is 0 Å². The van der Waals surface area contributed by atoms with Crippen LogP contribution in [0.1, 0.15) is 31.0 Å². The Kier molecular flexibility index (Phi) is 5.45. The van der Waals surface area contributed by atoms with Crippen molar-refractivity contribution in [2.24, 2.45) is 0 Å². The predicted molar refractivity (Wildman–Crippen MR) is 89.3 cm³/mol. The van der Waals surface area contributed by atoms with Crippen LogP contribution in [0.3, 0.4) is 0 Å². The second kappa shape index (κ2) is 7.32. The van der Waals surface area contributed by atoms with Gasteiger partial charge in [-0.05, 0) is 50.6 Å². The van der Waals surface area contributed by atoms with Crippen molar-refractivity contribution in [2.75, 3.05) is 0 Å². The fourth-order valence-electron chi connectivity index (χ4n) is 2.04. The smallest absolute Gasteiger partial charge is 0.261 e. The molecule has 0 fully saturated rings. The molecule has 0 aliphatic heterocycles. The molecule has 0 aliphatic carbocycles. The number of hydrogen-bond donors (Lipinski definition) is 1. The van der Waals surface area contributed by atoms with Gasteiger partial charge in [0.15, 0.2) is 6.10 Å². The molecule has 3 nitrogen and oxygen atoms in total. The van der Waals surface area contributed by atoms with Crippen molar-refractivity contribution in [1.82, 2.24) is 5.32 Å². The van der Waals surface area contributed by atoms with Crippen molar-refractivity contribution >= 4 is 17.5 Å². The summed E-state index contributed by atoms with van der Waals surface area (Å²) in [6, 6.07) is 15.0. The third-order valence-corrected chi connectivity index (χ3v) is 3.68. The summed E-state index contributed by atoms with van der Waals surface area (Å²) >= 11 is 5.82. The Balaban J connectivity index is 1.93. The highest BCUT2D eigenvalue weighted by molar-refractivity contribution is 6.30. The maximum atomic E-state index is 12.2. The summed E-state index contributed by atoms with van der Waals surface area (Å²) in [7, 11) is 0. The van der Waals surface area contributed by atoms with Crippen molar-refractivity contribution < 1.29 is 9.53 Å². The van der Waals surface area contributed by atoms with Crippen LogP contribution in [0.4, 0.5) is 0 Å². The molecule has 0 saturated heterocycles. The monoisotopic (exact) mass is 317 g/mol. The lowest BCUT2D eigenvalue weighted by molar-refractivity contribution is -0.127. The Hall–Kier alpha value is -2.00. The maximum absolute atomic E-state index is 12.2. The molecular formula is C18H20ClNO2. The molecule has 0 radical (unpaired) electrons. The summed E-state index contributed by atoms with van der Waals surface area (Å²) < 4.78 is 5.62. The minimum absolute atomic E-state index is 0.0654. The highest BCUT2D eigenvalue weighted by Crippen LogP contribution is 2.18. The normalized spacial score (nSPS) is 13.3. The number of halogens is 1. The van der Waals surface area contributed by atoms with Gasteiger partial charge in [0.25, 0.3) is 5.91 Å². The second-order valence-corrected chi connectivity index (χ2v) is 5.79. The van der Waals surface area contributed by atoms with Gasteiger partial charge in [0.2, 0.25) is 0 Å². The number of hydrogen-bond acceptors (Lipinski definition) is 2. The lowest BCUT2D eigenvalue weighted by atomic mass is 10.1. The number of carbonyl (C=O) groups is 1. The molecule has 2 atom stereocenters. The fraction of sp³-hybridized carbons (Fsp3) is 0.278. The number of benzene rings is 2. The zero-order chi connectivity index (χ0) is 16.1. The van der Waals surface area contributed by atoms with Gasteiger partial charge in [-0.2, -0.15) is 0 Å². The molecule has 0 heterocycles. The summed E-state index contributed by atoms with van der Waals surface area (Å²) in [4.78, 5) is 12.2. The number of amides is 1. The molecule has 0 bridgehead atoms.